The Morgan fingerprint density at radius 3 is 2.32 bits per heavy atom. The lowest BCUT2D eigenvalue weighted by Gasteiger charge is -2.40. The molecule has 2 aromatic rings. The van der Waals surface area contributed by atoms with Crippen molar-refractivity contribution in [2.75, 3.05) is 5.75 Å². The summed E-state index contributed by atoms with van der Waals surface area (Å²) in [4.78, 5) is 3.81. The molecule has 2 heterocycles. The summed E-state index contributed by atoms with van der Waals surface area (Å²) in [5.74, 6) is 4.67. The Hall–Kier alpha value is -1.79. The number of benzene rings is 1. The Balaban J connectivity index is 1.80. The second-order valence-electron chi connectivity index (χ2n) is 7.05. The van der Waals surface area contributed by atoms with E-state index >= 15 is 0 Å². The molecule has 2 atom stereocenters. The Morgan fingerprint density at radius 2 is 1.84 bits per heavy atom. The average Bonchev–Trinajstić information content (AvgIpc) is 3.27. The van der Waals surface area contributed by atoms with E-state index in [-0.39, 0.29) is 35.2 Å². The quantitative estimate of drug-likeness (QED) is 0.268. The van der Waals surface area contributed by atoms with E-state index in [1.807, 2.05) is 16.4 Å². The molecule has 0 bridgehead atoms. The Morgan fingerprint density at radius 1 is 1.19 bits per heavy atom. The van der Waals surface area contributed by atoms with Crippen LogP contribution in [0.4, 0.5) is 28.2 Å². The van der Waals surface area contributed by atoms with Gasteiger partial charge in [0.25, 0.3) is 6.43 Å². The minimum absolute atomic E-state index is 0.100. The predicted molar refractivity (Wildman–Crippen MR) is 116 cm³/mol. The van der Waals surface area contributed by atoms with Gasteiger partial charge < -0.3 is 4.90 Å². The van der Waals surface area contributed by atoms with Crippen LogP contribution in [0, 0.1) is 0 Å². The van der Waals surface area contributed by atoms with Crippen LogP contribution < -0.4 is 0 Å². The number of nitrogens with zero attached hydrogens (tertiary/aromatic N) is 2. The number of thiazole rings is 1. The van der Waals surface area contributed by atoms with Gasteiger partial charge in [0.05, 0.1) is 12.6 Å². The van der Waals surface area contributed by atoms with Crippen molar-refractivity contribution in [3.63, 3.8) is 0 Å². The SMILES string of the molecule is C=C(Cc1ccc(S(F)(F)(F)(F)F)cc1)N(Cc1nc(C(F)F)cs1)C1C=CS(=C)C1. The molecule has 1 aromatic heterocycles. The lowest BCUT2D eigenvalue weighted by molar-refractivity contribution is 0.146. The fraction of sp³-hybridized carbons (Fsp3) is 0.263. The van der Waals surface area contributed by atoms with Crippen LogP contribution >= 0.6 is 32.0 Å². The molecule has 0 spiro atoms. The highest BCUT2D eigenvalue weighted by Gasteiger charge is 2.65. The first-order chi connectivity index (χ1) is 14.1. The summed E-state index contributed by atoms with van der Waals surface area (Å²) in [7, 11) is -9.96. The highest BCUT2D eigenvalue weighted by Crippen LogP contribution is 3.02. The molecule has 1 aliphatic heterocycles. The van der Waals surface area contributed by atoms with Crippen molar-refractivity contribution in [2.24, 2.45) is 0 Å². The molecule has 0 saturated carbocycles. The molecule has 1 aliphatic rings. The van der Waals surface area contributed by atoms with Gasteiger partial charge in [0.15, 0.2) is 0 Å². The average molecular weight is 505 g/mol. The third-order valence-corrected chi connectivity index (χ3v) is 7.89. The molecule has 0 N–H and O–H groups in total. The summed E-state index contributed by atoms with van der Waals surface area (Å²) < 4.78 is 90.3. The predicted octanol–water partition coefficient (Wildman–Crippen LogP) is 7.89. The third kappa shape index (κ3) is 6.13. The van der Waals surface area contributed by atoms with Crippen LogP contribution in [-0.4, -0.2) is 27.5 Å². The lowest BCUT2D eigenvalue weighted by atomic mass is 10.1. The maximum absolute atomic E-state index is 12.9. The smallest absolute Gasteiger partial charge is 0.310 e. The zero-order valence-corrected chi connectivity index (χ0v) is 18.4. The van der Waals surface area contributed by atoms with Gasteiger partial charge in [0, 0.05) is 23.3 Å². The number of rotatable bonds is 8. The fourth-order valence-electron chi connectivity index (χ4n) is 3.03. The van der Waals surface area contributed by atoms with Gasteiger partial charge in [-0.1, -0.05) is 50.1 Å². The molecule has 3 rings (SSSR count). The standard InChI is InChI=1S/C19H19F7N2S3/c1-13(9-14-3-5-16(6-4-14)31(22,23,24,25)26)28(15-7-8-30(2)12-15)10-18-27-17(11-29-18)19(20)21/h3-8,11,15,19H,1-2,9-10,12H2. The van der Waals surface area contributed by atoms with Gasteiger partial charge in [0.2, 0.25) is 0 Å². The van der Waals surface area contributed by atoms with Crippen molar-refractivity contribution in [1.82, 2.24) is 9.88 Å². The van der Waals surface area contributed by atoms with E-state index in [2.05, 4.69) is 17.4 Å². The minimum atomic E-state index is -9.73. The second kappa shape index (κ2) is 7.66. The molecule has 172 valence electrons. The monoisotopic (exact) mass is 504 g/mol. The molecular formula is C19H19F7N2S3. The normalized spacial score (nSPS) is 21.2. The van der Waals surface area contributed by atoms with Crippen LogP contribution in [0.3, 0.4) is 0 Å². The summed E-state index contributed by atoms with van der Waals surface area (Å²) >= 11 is 1.08. The van der Waals surface area contributed by atoms with Crippen molar-refractivity contribution in [2.45, 2.75) is 30.3 Å². The van der Waals surface area contributed by atoms with Crippen LogP contribution in [0.2, 0.25) is 0 Å². The second-order valence-corrected chi connectivity index (χ2v) is 12.1. The number of allylic oxidation sites excluding steroid dienone is 1. The zero-order chi connectivity index (χ0) is 23.1. The molecule has 0 fully saturated rings. The van der Waals surface area contributed by atoms with E-state index < -0.39 is 21.5 Å². The van der Waals surface area contributed by atoms with E-state index in [1.165, 1.54) is 5.38 Å². The molecule has 2 nitrogen and oxygen atoms in total. The summed E-state index contributed by atoms with van der Waals surface area (Å²) in [6.45, 7) is 4.18. The molecule has 0 radical (unpaired) electrons. The summed E-state index contributed by atoms with van der Waals surface area (Å²) in [6.07, 6.45) is -0.671. The summed E-state index contributed by atoms with van der Waals surface area (Å²) in [5.41, 5.74) is 0.544. The number of hydrogen-bond acceptors (Lipinski definition) is 3. The van der Waals surface area contributed by atoms with E-state index in [0.717, 1.165) is 23.5 Å². The Kier molecular flexibility index (Phi) is 5.90. The van der Waals surface area contributed by atoms with E-state index in [1.54, 1.807) is 0 Å². The van der Waals surface area contributed by atoms with E-state index in [0.29, 0.717) is 34.2 Å². The van der Waals surface area contributed by atoms with Gasteiger partial charge >= 0.3 is 10.2 Å². The van der Waals surface area contributed by atoms with Crippen LogP contribution in [0.25, 0.3) is 0 Å². The van der Waals surface area contributed by atoms with Gasteiger partial charge in [-0.25, -0.2) is 13.8 Å². The van der Waals surface area contributed by atoms with Crippen molar-refractivity contribution in [1.29, 1.82) is 0 Å². The molecular weight excluding hydrogens is 485 g/mol. The largest absolute Gasteiger partial charge is 0.361 e. The van der Waals surface area contributed by atoms with Crippen LogP contribution in [0.1, 0.15) is 22.7 Å². The molecule has 12 heteroatoms. The maximum atomic E-state index is 12.9. The van der Waals surface area contributed by atoms with Crippen molar-refractivity contribution in [3.05, 3.63) is 69.7 Å². The topological polar surface area (TPSA) is 16.1 Å². The zero-order valence-electron chi connectivity index (χ0n) is 16.0. The first-order valence-corrected chi connectivity index (χ1v) is 13.3. The molecule has 0 amide bonds. The van der Waals surface area contributed by atoms with Gasteiger partial charge in [-0.05, 0) is 23.1 Å². The minimum Gasteiger partial charge on any atom is -0.361 e. The van der Waals surface area contributed by atoms with Crippen LogP contribution in [-0.2, 0) is 13.0 Å². The first kappa shape index (κ1) is 23.9. The lowest BCUT2D eigenvalue weighted by Crippen LogP contribution is -2.34. The number of hydrogen-bond donors (Lipinski definition) is 0. The number of halogens is 7. The number of aromatic nitrogens is 1. The van der Waals surface area contributed by atoms with Crippen molar-refractivity contribution in [3.8, 4) is 0 Å². The van der Waals surface area contributed by atoms with Gasteiger partial charge in [0.1, 0.15) is 15.6 Å². The molecule has 0 aliphatic carbocycles. The van der Waals surface area contributed by atoms with E-state index in [9.17, 15) is 28.2 Å². The molecule has 0 saturated heterocycles. The maximum Gasteiger partial charge on any atom is 0.310 e. The molecule has 31 heavy (non-hydrogen) atoms. The van der Waals surface area contributed by atoms with Crippen molar-refractivity contribution >= 4 is 37.9 Å². The van der Waals surface area contributed by atoms with Crippen molar-refractivity contribution < 1.29 is 28.2 Å². The molecule has 2 unspecified atom stereocenters. The third-order valence-electron chi connectivity index (χ3n) is 4.56. The summed E-state index contributed by atoms with van der Waals surface area (Å²) in [5, 5.41) is 3.65. The Bertz CT molecular complexity index is 1030. The van der Waals surface area contributed by atoms with Crippen LogP contribution in [0.5, 0.6) is 0 Å². The summed E-state index contributed by atoms with van der Waals surface area (Å²) in [6, 6.07) is 2.59. The highest BCUT2D eigenvalue weighted by atomic mass is 32.5. The first-order valence-electron chi connectivity index (χ1n) is 8.80. The fourth-order valence-corrected chi connectivity index (χ4v) is 5.71. The van der Waals surface area contributed by atoms with Gasteiger partial charge in [-0.3, -0.25) is 0 Å². The molecule has 1 aromatic carbocycles. The van der Waals surface area contributed by atoms with Gasteiger partial charge in [-0.2, -0.15) is 10.5 Å². The van der Waals surface area contributed by atoms with Crippen LogP contribution in [0.15, 0.2) is 58.3 Å². The highest BCUT2D eigenvalue weighted by molar-refractivity contribution is 8.45. The van der Waals surface area contributed by atoms with E-state index in [4.69, 9.17) is 0 Å². The number of alkyl halides is 2. The Labute approximate surface area is 181 Å². The van der Waals surface area contributed by atoms with Gasteiger partial charge in [-0.15, -0.1) is 11.3 Å².